The Labute approximate surface area is 261 Å². The Morgan fingerprint density at radius 2 is 1.91 bits per heavy atom. The number of nitrogens with zero attached hydrogens (tertiary/aromatic N) is 3. The maximum absolute atomic E-state index is 14.1. The second-order valence-electron chi connectivity index (χ2n) is 10.0. The molecule has 0 bridgehead atoms. The number of ether oxygens (including phenoxy) is 2. The highest BCUT2D eigenvalue weighted by Crippen LogP contribution is 2.32. The molecule has 0 spiro atoms. The number of halogens is 2. The van der Waals surface area contributed by atoms with E-state index in [0.29, 0.717) is 42.9 Å². The molecular formula is C33H27Cl2N3O4S. The number of allylic oxidation sites excluding steroid dienone is 1. The first-order valence-electron chi connectivity index (χ1n) is 13.6. The Balaban J connectivity index is 1.52. The number of aromatic nitrogens is 2. The van der Waals surface area contributed by atoms with E-state index in [-0.39, 0.29) is 12.2 Å². The number of esters is 1. The summed E-state index contributed by atoms with van der Waals surface area (Å²) in [7, 11) is 1.58. The minimum absolute atomic E-state index is 0.205. The van der Waals surface area contributed by atoms with Gasteiger partial charge in [0.2, 0.25) is 0 Å². The van der Waals surface area contributed by atoms with Gasteiger partial charge >= 0.3 is 5.97 Å². The van der Waals surface area contributed by atoms with Gasteiger partial charge in [-0.05, 0) is 61.4 Å². The van der Waals surface area contributed by atoms with Gasteiger partial charge in [-0.2, -0.15) is 0 Å². The van der Waals surface area contributed by atoms with Crippen molar-refractivity contribution in [3.8, 4) is 5.75 Å². The smallest absolute Gasteiger partial charge is 0.338 e. The summed E-state index contributed by atoms with van der Waals surface area (Å²) in [5, 5.41) is 2.16. The number of hydrogen-bond acceptors (Lipinski definition) is 6. The molecule has 7 nitrogen and oxygen atoms in total. The third-order valence-corrected chi connectivity index (χ3v) is 8.96. The van der Waals surface area contributed by atoms with E-state index in [1.54, 1.807) is 31.6 Å². The van der Waals surface area contributed by atoms with Gasteiger partial charge in [0.25, 0.3) is 5.56 Å². The number of fused-ring (bicyclic) bond motifs is 2. The highest BCUT2D eigenvalue weighted by atomic mass is 35.5. The van der Waals surface area contributed by atoms with Gasteiger partial charge in [0, 0.05) is 39.3 Å². The van der Waals surface area contributed by atoms with Gasteiger partial charge < -0.3 is 14.0 Å². The third kappa shape index (κ3) is 5.42. The zero-order chi connectivity index (χ0) is 30.2. The van der Waals surface area contributed by atoms with Gasteiger partial charge in [0.05, 0.1) is 35.6 Å². The van der Waals surface area contributed by atoms with Crippen LogP contribution in [0.5, 0.6) is 5.75 Å². The lowest BCUT2D eigenvalue weighted by molar-refractivity contribution is -0.139. The molecule has 0 N–H and O–H groups in total. The first-order valence-corrected chi connectivity index (χ1v) is 15.2. The molecule has 0 aliphatic carbocycles. The molecule has 0 saturated carbocycles. The van der Waals surface area contributed by atoms with E-state index in [9.17, 15) is 9.59 Å². The van der Waals surface area contributed by atoms with E-state index in [4.69, 9.17) is 37.7 Å². The van der Waals surface area contributed by atoms with E-state index in [1.165, 1.54) is 11.3 Å². The highest BCUT2D eigenvalue weighted by molar-refractivity contribution is 7.07. The molecule has 1 aliphatic rings. The SMILES string of the molecule is CCOC(=O)C1=C(C)N=c2s/c(=C/c3cn(Cc4ccc(Cl)cc4Cl)c4ccccc34)c(=O)n2C1c1cccc(OC)c1. The maximum Gasteiger partial charge on any atom is 0.338 e. The van der Waals surface area contributed by atoms with Crippen molar-refractivity contribution < 1.29 is 14.3 Å². The van der Waals surface area contributed by atoms with Crippen LogP contribution >= 0.6 is 34.5 Å². The average Bonchev–Trinajstić information content (AvgIpc) is 3.50. The quantitative estimate of drug-likeness (QED) is 0.203. The second-order valence-corrected chi connectivity index (χ2v) is 11.9. The maximum atomic E-state index is 14.1. The molecule has 0 radical (unpaired) electrons. The van der Waals surface area contributed by atoms with Crippen LogP contribution in [0.15, 0.2) is 94.0 Å². The predicted molar refractivity (Wildman–Crippen MR) is 171 cm³/mol. The van der Waals surface area contributed by atoms with Crippen molar-refractivity contribution in [2.75, 3.05) is 13.7 Å². The zero-order valence-electron chi connectivity index (χ0n) is 23.6. The van der Waals surface area contributed by atoms with E-state index in [0.717, 1.165) is 27.6 Å². The first-order chi connectivity index (χ1) is 20.8. The standard InChI is InChI=1S/C33H27Cl2N3O4S/c1-4-42-32(40)29-19(2)36-33-38(30(29)20-8-7-9-24(14-20)41-3)31(39)28(43-33)15-22-18-37(27-11-6-5-10-25(22)27)17-21-12-13-23(34)16-26(21)35/h5-16,18,30H,4,17H2,1-3H3/b28-15+. The lowest BCUT2D eigenvalue weighted by Gasteiger charge is -2.25. The number of benzene rings is 3. The van der Waals surface area contributed by atoms with Gasteiger partial charge in [0.1, 0.15) is 5.75 Å². The number of carbonyl (C=O) groups is 1. The van der Waals surface area contributed by atoms with E-state index >= 15 is 0 Å². The van der Waals surface area contributed by atoms with Crippen LogP contribution < -0.4 is 19.6 Å². The van der Waals surface area contributed by atoms with Crippen molar-refractivity contribution in [2.45, 2.75) is 26.4 Å². The van der Waals surface area contributed by atoms with Crippen molar-refractivity contribution in [3.63, 3.8) is 0 Å². The van der Waals surface area contributed by atoms with Crippen LogP contribution in [-0.4, -0.2) is 28.8 Å². The molecular weight excluding hydrogens is 605 g/mol. The first kappa shape index (κ1) is 29.0. The van der Waals surface area contributed by atoms with E-state index < -0.39 is 12.0 Å². The number of rotatable bonds is 7. The molecule has 218 valence electrons. The van der Waals surface area contributed by atoms with Gasteiger partial charge in [-0.15, -0.1) is 0 Å². The minimum Gasteiger partial charge on any atom is -0.497 e. The van der Waals surface area contributed by atoms with Gasteiger partial charge in [-0.25, -0.2) is 9.79 Å². The Hall–Kier alpha value is -4.11. The average molecular weight is 633 g/mol. The molecule has 2 aromatic heterocycles. The lowest BCUT2D eigenvalue weighted by atomic mass is 9.95. The molecule has 1 unspecified atom stereocenters. The zero-order valence-corrected chi connectivity index (χ0v) is 26.0. The number of thiazole rings is 1. The topological polar surface area (TPSA) is 74.8 Å². The highest BCUT2D eigenvalue weighted by Gasteiger charge is 2.33. The summed E-state index contributed by atoms with van der Waals surface area (Å²) in [6.45, 7) is 4.26. The largest absolute Gasteiger partial charge is 0.497 e. The summed E-state index contributed by atoms with van der Waals surface area (Å²) < 4.78 is 15.0. The van der Waals surface area contributed by atoms with Crippen molar-refractivity contribution in [1.82, 2.24) is 9.13 Å². The molecule has 10 heteroatoms. The normalized spacial score (nSPS) is 15.0. The van der Waals surface area contributed by atoms with Crippen LogP contribution in [-0.2, 0) is 16.1 Å². The van der Waals surface area contributed by atoms with Crippen molar-refractivity contribution in [2.24, 2.45) is 4.99 Å². The van der Waals surface area contributed by atoms with E-state index in [1.807, 2.05) is 72.9 Å². The van der Waals surface area contributed by atoms with Crippen LogP contribution in [0.1, 0.15) is 36.6 Å². The number of carbonyl (C=O) groups excluding carboxylic acids is 1. The summed E-state index contributed by atoms with van der Waals surface area (Å²) >= 11 is 13.9. The minimum atomic E-state index is -0.721. The summed E-state index contributed by atoms with van der Waals surface area (Å²) in [6, 6.07) is 20.1. The second kappa shape index (κ2) is 11.9. The van der Waals surface area contributed by atoms with Crippen LogP contribution in [0.2, 0.25) is 10.0 Å². The van der Waals surface area contributed by atoms with Crippen LogP contribution in [0, 0.1) is 0 Å². The van der Waals surface area contributed by atoms with Crippen LogP contribution in [0.3, 0.4) is 0 Å². The molecule has 6 rings (SSSR count). The number of hydrogen-bond donors (Lipinski definition) is 0. The monoisotopic (exact) mass is 631 g/mol. The van der Waals surface area contributed by atoms with Gasteiger partial charge in [-0.3, -0.25) is 9.36 Å². The van der Waals surface area contributed by atoms with E-state index in [2.05, 4.69) is 4.57 Å². The summed E-state index contributed by atoms with van der Waals surface area (Å²) in [6.07, 6.45) is 3.90. The molecule has 3 heterocycles. The van der Waals surface area contributed by atoms with Crippen LogP contribution in [0.25, 0.3) is 17.0 Å². The molecule has 3 aromatic carbocycles. The molecule has 0 amide bonds. The Bertz CT molecular complexity index is 2110. The van der Waals surface area contributed by atoms with Gasteiger partial charge in [0.15, 0.2) is 4.80 Å². The van der Waals surface area contributed by atoms with Crippen molar-refractivity contribution in [3.05, 3.63) is 131 Å². The summed E-state index contributed by atoms with van der Waals surface area (Å²) in [5.41, 5.74) is 4.12. The fourth-order valence-electron chi connectivity index (χ4n) is 5.41. The third-order valence-electron chi connectivity index (χ3n) is 7.39. The molecule has 1 aliphatic heterocycles. The van der Waals surface area contributed by atoms with Crippen LogP contribution in [0.4, 0.5) is 0 Å². The summed E-state index contributed by atoms with van der Waals surface area (Å²) in [4.78, 5) is 32.5. The molecule has 5 aromatic rings. The molecule has 0 fully saturated rings. The Kier molecular flexibility index (Phi) is 8.01. The fraction of sp³-hybridized carbons (Fsp3) is 0.182. The number of methoxy groups -OCH3 is 1. The molecule has 43 heavy (non-hydrogen) atoms. The molecule has 1 atom stereocenters. The Morgan fingerprint density at radius 1 is 1.09 bits per heavy atom. The van der Waals surface area contributed by atoms with Gasteiger partial charge in [-0.1, -0.05) is 70.9 Å². The Morgan fingerprint density at radius 3 is 2.67 bits per heavy atom. The van der Waals surface area contributed by atoms with Crippen molar-refractivity contribution in [1.29, 1.82) is 0 Å². The number of para-hydroxylation sites is 1. The summed E-state index contributed by atoms with van der Waals surface area (Å²) in [5.74, 6) is 0.112. The predicted octanol–water partition coefficient (Wildman–Crippen LogP) is 6.12. The molecule has 0 saturated heterocycles. The lowest BCUT2D eigenvalue weighted by Crippen LogP contribution is -2.39. The fourth-order valence-corrected chi connectivity index (χ4v) is 6.92. The van der Waals surface area contributed by atoms with Crippen molar-refractivity contribution >= 4 is 57.5 Å².